The molecule has 0 aliphatic heterocycles. The molecule has 1 heterocycles. The third kappa shape index (κ3) is 3.72. The zero-order chi connectivity index (χ0) is 20.4. The van der Waals surface area contributed by atoms with Gasteiger partial charge in [0, 0.05) is 0 Å². The van der Waals surface area contributed by atoms with E-state index in [1.165, 1.54) is 50.4 Å². The van der Waals surface area contributed by atoms with Crippen LogP contribution in [0.3, 0.4) is 0 Å². The van der Waals surface area contributed by atoms with E-state index in [9.17, 15) is 14.0 Å². The van der Waals surface area contributed by atoms with Crippen LogP contribution in [-0.4, -0.2) is 24.1 Å². The highest BCUT2D eigenvalue weighted by Crippen LogP contribution is 2.34. The van der Waals surface area contributed by atoms with Gasteiger partial charge in [-0.1, -0.05) is 34.4 Å². The summed E-state index contributed by atoms with van der Waals surface area (Å²) < 4.78 is 24.0. The number of ether oxygens (including phenoxy) is 1. The maximum Gasteiger partial charge on any atom is 0.337 e. The monoisotopic (exact) mass is 422 g/mol. The Morgan fingerprint density at radius 2 is 1.93 bits per heavy atom. The van der Waals surface area contributed by atoms with Crippen LogP contribution in [0.2, 0.25) is 10.0 Å². The first-order valence-electron chi connectivity index (χ1n) is 7.93. The number of aryl methyl sites for hydroxylation is 1. The van der Waals surface area contributed by atoms with Crippen molar-refractivity contribution in [2.75, 3.05) is 12.4 Å². The Morgan fingerprint density at radius 3 is 2.61 bits per heavy atom. The molecule has 0 aliphatic carbocycles. The van der Waals surface area contributed by atoms with Gasteiger partial charge in [-0.15, -0.1) is 0 Å². The van der Waals surface area contributed by atoms with Gasteiger partial charge >= 0.3 is 5.97 Å². The molecule has 2 aromatic carbocycles. The molecule has 0 bridgehead atoms. The lowest BCUT2D eigenvalue weighted by atomic mass is 10.0. The van der Waals surface area contributed by atoms with E-state index in [1.54, 1.807) is 0 Å². The van der Waals surface area contributed by atoms with E-state index < -0.39 is 17.7 Å². The van der Waals surface area contributed by atoms with Crippen molar-refractivity contribution >= 4 is 40.8 Å². The van der Waals surface area contributed by atoms with Crippen molar-refractivity contribution in [1.82, 2.24) is 5.16 Å². The second kappa shape index (κ2) is 8.00. The fourth-order valence-corrected chi connectivity index (χ4v) is 3.00. The maximum atomic E-state index is 14.3. The topological polar surface area (TPSA) is 81.4 Å². The molecule has 0 aliphatic rings. The molecule has 144 valence electrons. The fraction of sp³-hybridized carbons (Fsp3) is 0.105. The minimum Gasteiger partial charge on any atom is -0.465 e. The number of aromatic nitrogens is 1. The Bertz CT molecular complexity index is 1060. The van der Waals surface area contributed by atoms with Gasteiger partial charge in [-0.2, -0.15) is 0 Å². The number of carbonyl (C=O) groups is 2. The Kier molecular flexibility index (Phi) is 5.67. The molecule has 0 unspecified atom stereocenters. The minimum atomic E-state index is -0.656. The summed E-state index contributed by atoms with van der Waals surface area (Å²) in [5.41, 5.74) is 0.257. The third-order valence-corrected chi connectivity index (χ3v) is 4.57. The van der Waals surface area contributed by atoms with E-state index in [1.807, 2.05) is 0 Å². The highest BCUT2D eigenvalue weighted by atomic mass is 35.5. The molecule has 3 aromatic rings. The van der Waals surface area contributed by atoms with Gasteiger partial charge in [-0.05, 0) is 37.3 Å². The summed E-state index contributed by atoms with van der Waals surface area (Å²) in [6.07, 6.45) is 0. The Balaban J connectivity index is 2.02. The largest absolute Gasteiger partial charge is 0.465 e. The molecule has 3 rings (SSSR count). The van der Waals surface area contributed by atoms with Gasteiger partial charge in [0.25, 0.3) is 5.91 Å². The third-order valence-electron chi connectivity index (χ3n) is 3.93. The summed E-state index contributed by atoms with van der Waals surface area (Å²) >= 11 is 12.2. The first kappa shape index (κ1) is 19.9. The lowest BCUT2D eigenvalue weighted by Crippen LogP contribution is -2.15. The van der Waals surface area contributed by atoms with Gasteiger partial charge in [-0.25, -0.2) is 9.18 Å². The van der Waals surface area contributed by atoms with Crippen molar-refractivity contribution in [3.8, 4) is 11.3 Å². The number of hydrogen-bond acceptors (Lipinski definition) is 5. The molecular weight excluding hydrogens is 410 g/mol. The first-order valence-corrected chi connectivity index (χ1v) is 8.69. The lowest BCUT2D eigenvalue weighted by molar-refractivity contribution is 0.0600. The second-order valence-electron chi connectivity index (χ2n) is 5.70. The van der Waals surface area contributed by atoms with Crippen molar-refractivity contribution in [3.05, 3.63) is 69.1 Å². The second-order valence-corrected chi connectivity index (χ2v) is 6.51. The van der Waals surface area contributed by atoms with E-state index in [0.29, 0.717) is 0 Å². The van der Waals surface area contributed by atoms with Gasteiger partial charge in [0.2, 0.25) is 0 Å². The van der Waals surface area contributed by atoms with Crippen LogP contribution in [-0.2, 0) is 4.74 Å². The standard InChI is InChI=1S/C19H13Cl2FN2O4/c1-9-15(17(24-28-9)16-12(21)4-3-5-13(16)22)18(25)23-14-8-10(19(26)27-2)6-7-11(14)20/h3-8H,1-2H3,(H,23,25). The van der Waals surface area contributed by atoms with Crippen molar-refractivity contribution in [3.63, 3.8) is 0 Å². The number of rotatable bonds is 4. The number of nitrogens with zero attached hydrogens (tertiary/aromatic N) is 1. The van der Waals surface area contributed by atoms with E-state index in [0.717, 1.165) is 0 Å². The van der Waals surface area contributed by atoms with Crippen LogP contribution < -0.4 is 5.32 Å². The molecule has 1 amide bonds. The average molecular weight is 423 g/mol. The van der Waals surface area contributed by atoms with Crippen LogP contribution in [0.4, 0.5) is 10.1 Å². The normalized spacial score (nSPS) is 10.6. The van der Waals surface area contributed by atoms with Crippen molar-refractivity contribution in [2.45, 2.75) is 6.92 Å². The molecule has 6 nitrogen and oxygen atoms in total. The number of methoxy groups -OCH3 is 1. The van der Waals surface area contributed by atoms with Gasteiger partial charge in [0.05, 0.1) is 34.0 Å². The number of anilines is 1. The summed E-state index contributed by atoms with van der Waals surface area (Å²) in [4.78, 5) is 24.6. The zero-order valence-electron chi connectivity index (χ0n) is 14.7. The molecule has 0 atom stereocenters. The zero-order valence-corrected chi connectivity index (χ0v) is 16.2. The van der Waals surface area contributed by atoms with Crippen LogP contribution in [0.1, 0.15) is 26.5 Å². The Labute approximate surface area is 169 Å². The molecule has 0 spiro atoms. The number of carbonyl (C=O) groups excluding carboxylic acids is 2. The molecule has 28 heavy (non-hydrogen) atoms. The van der Waals surface area contributed by atoms with Crippen molar-refractivity contribution in [1.29, 1.82) is 0 Å². The minimum absolute atomic E-state index is 0.00784. The molecule has 9 heteroatoms. The number of nitrogens with one attached hydrogen (secondary N) is 1. The number of hydrogen-bond donors (Lipinski definition) is 1. The summed E-state index contributed by atoms with van der Waals surface area (Å²) in [6.45, 7) is 1.51. The summed E-state index contributed by atoms with van der Waals surface area (Å²) in [5.74, 6) is -1.74. The molecule has 0 saturated carbocycles. The van der Waals surface area contributed by atoms with Gasteiger partial charge in [-0.3, -0.25) is 4.79 Å². The van der Waals surface area contributed by atoms with Crippen LogP contribution in [0.15, 0.2) is 40.9 Å². The predicted molar refractivity (Wildman–Crippen MR) is 102 cm³/mol. The van der Waals surface area contributed by atoms with Crippen molar-refractivity contribution in [2.24, 2.45) is 0 Å². The van der Waals surface area contributed by atoms with Gasteiger partial charge in [0.1, 0.15) is 22.8 Å². The van der Waals surface area contributed by atoms with E-state index in [-0.39, 0.29) is 43.9 Å². The molecule has 0 saturated heterocycles. The van der Waals surface area contributed by atoms with Crippen LogP contribution >= 0.6 is 23.2 Å². The smallest absolute Gasteiger partial charge is 0.337 e. The quantitative estimate of drug-likeness (QED) is 0.588. The van der Waals surface area contributed by atoms with Gasteiger partial charge < -0.3 is 14.6 Å². The molecule has 0 fully saturated rings. The predicted octanol–water partition coefficient (Wildman–Crippen LogP) is 5.13. The molecule has 1 N–H and O–H groups in total. The van der Waals surface area contributed by atoms with Gasteiger partial charge in [0.15, 0.2) is 0 Å². The number of amides is 1. The Morgan fingerprint density at radius 1 is 1.18 bits per heavy atom. The summed E-state index contributed by atoms with van der Waals surface area (Å²) in [6, 6.07) is 8.38. The highest BCUT2D eigenvalue weighted by Gasteiger charge is 2.26. The Hall–Kier alpha value is -2.90. The lowest BCUT2D eigenvalue weighted by Gasteiger charge is -2.10. The fourth-order valence-electron chi connectivity index (χ4n) is 2.58. The van der Waals surface area contributed by atoms with Crippen LogP contribution in [0.25, 0.3) is 11.3 Å². The van der Waals surface area contributed by atoms with Crippen molar-refractivity contribution < 1.29 is 23.2 Å². The summed E-state index contributed by atoms with van der Waals surface area (Å²) in [7, 11) is 1.24. The number of esters is 1. The number of benzene rings is 2. The maximum absolute atomic E-state index is 14.3. The molecular formula is C19H13Cl2FN2O4. The number of halogens is 3. The van der Waals surface area contributed by atoms with Crippen LogP contribution in [0, 0.1) is 12.7 Å². The average Bonchev–Trinajstić information content (AvgIpc) is 3.04. The van der Waals surface area contributed by atoms with E-state index in [2.05, 4.69) is 15.2 Å². The van der Waals surface area contributed by atoms with E-state index in [4.69, 9.17) is 27.7 Å². The van der Waals surface area contributed by atoms with Crippen LogP contribution in [0.5, 0.6) is 0 Å². The van der Waals surface area contributed by atoms with E-state index >= 15 is 0 Å². The SMILES string of the molecule is COC(=O)c1ccc(Cl)c(NC(=O)c2c(-c3c(F)cccc3Cl)noc2C)c1. The summed E-state index contributed by atoms with van der Waals surface area (Å²) in [5, 5.41) is 6.63. The molecule has 0 radical (unpaired) electrons. The highest BCUT2D eigenvalue weighted by molar-refractivity contribution is 6.34. The molecule has 1 aromatic heterocycles. The first-order chi connectivity index (χ1) is 13.3.